The highest BCUT2D eigenvalue weighted by Gasteiger charge is 2.25. The number of pyridine rings is 1. The summed E-state index contributed by atoms with van der Waals surface area (Å²) in [5.41, 5.74) is 13.4. The van der Waals surface area contributed by atoms with Crippen molar-refractivity contribution in [2.24, 2.45) is 0 Å². The zero-order chi connectivity index (χ0) is 46.0. The molecule has 10 heteroatoms. The second kappa shape index (κ2) is 16.0. The molecule has 0 bridgehead atoms. The normalized spacial score (nSPS) is 11.5. The molecular weight excluding hydrogens is 837 g/mol. The molecule has 5 heterocycles. The molecule has 0 aliphatic rings. The zero-order valence-electron chi connectivity index (χ0n) is 37.6. The molecule has 0 aliphatic heterocycles. The molecule has 0 aliphatic carbocycles. The standard InChI is InChI=1S/C58H40N10/c1-34-60-35(2)63-57(62-34)41-23-25-52-46(29-41)44-19-11-13-21-50(44)67(52)54-27-38(33-59)28-55(56(54)43-31-48(39-15-7-5-8-16-39)66-49(32-43)40-17-9-6-10-18-40)68-51-22-14-12-20-45(51)47-30-42(24-26-53(47)68)58-64-36(3)61-37(4)65-58/h5-32H,1-4H3. The highest BCUT2D eigenvalue weighted by atomic mass is 15.0. The summed E-state index contributed by atoms with van der Waals surface area (Å²) in [7, 11) is 0. The Hall–Kier alpha value is -9.20. The van der Waals surface area contributed by atoms with E-state index in [9.17, 15) is 5.26 Å². The van der Waals surface area contributed by atoms with E-state index in [1.165, 1.54) is 0 Å². The van der Waals surface area contributed by atoms with E-state index in [4.69, 9.17) is 24.9 Å². The van der Waals surface area contributed by atoms with Gasteiger partial charge in [-0.3, -0.25) is 0 Å². The summed E-state index contributed by atoms with van der Waals surface area (Å²) >= 11 is 0. The Morgan fingerprint density at radius 2 is 0.750 bits per heavy atom. The van der Waals surface area contributed by atoms with Gasteiger partial charge >= 0.3 is 0 Å². The van der Waals surface area contributed by atoms with Crippen LogP contribution in [0.4, 0.5) is 0 Å². The Labute approximate surface area is 391 Å². The topological polar surface area (TPSA) is 124 Å². The van der Waals surface area contributed by atoms with Crippen molar-refractivity contribution in [3.8, 4) is 73.9 Å². The summed E-state index contributed by atoms with van der Waals surface area (Å²) in [4.78, 5) is 33.2. The van der Waals surface area contributed by atoms with Crippen molar-refractivity contribution < 1.29 is 0 Å². The Bertz CT molecular complexity index is 3740. The third-order valence-corrected chi connectivity index (χ3v) is 12.5. The lowest BCUT2D eigenvalue weighted by molar-refractivity contribution is 0.928. The molecule has 0 unspecified atom stereocenters. The lowest BCUT2D eigenvalue weighted by Crippen LogP contribution is -2.06. The van der Waals surface area contributed by atoms with E-state index in [0.717, 1.165) is 99.8 Å². The molecule has 7 aromatic carbocycles. The lowest BCUT2D eigenvalue weighted by Gasteiger charge is -2.22. The smallest absolute Gasteiger partial charge is 0.163 e. The number of fused-ring (bicyclic) bond motifs is 6. The van der Waals surface area contributed by atoms with E-state index in [2.05, 4.69) is 146 Å². The fraction of sp³-hybridized carbons (Fsp3) is 0.0690. The van der Waals surface area contributed by atoms with E-state index in [1.54, 1.807) is 0 Å². The molecule has 0 atom stereocenters. The minimum absolute atomic E-state index is 0.511. The molecule has 12 aromatic rings. The molecule has 5 aromatic heterocycles. The first-order valence-corrected chi connectivity index (χ1v) is 22.5. The van der Waals surface area contributed by atoms with Crippen molar-refractivity contribution in [1.82, 2.24) is 44.0 Å². The summed E-state index contributed by atoms with van der Waals surface area (Å²) in [6.07, 6.45) is 0. The van der Waals surface area contributed by atoms with E-state index >= 15 is 0 Å². The number of aromatic nitrogens is 9. The molecule has 0 N–H and O–H groups in total. The number of aryl methyl sites for hydroxylation is 4. The predicted octanol–water partition coefficient (Wildman–Crippen LogP) is 13.1. The van der Waals surface area contributed by atoms with Crippen molar-refractivity contribution in [2.45, 2.75) is 27.7 Å². The van der Waals surface area contributed by atoms with Gasteiger partial charge in [-0.15, -0.1) is 0 Å². The van der Waals surface area contributed by atoms with Gasteiger partial charge in [0, 0.05) is 49.4 Å². The molecule has 10 nitrogen and oxygen atoms in total. The molecule has 0 amide bonds. The van der Waals surface area contributed by atoms with Gasteiger partial charge in [-0.1, -0.05) is 97.1 Å². The van der Waals surface area contributed by atoms with Gasteiger partial charge in [-0.25, -0.2) is 34.9 Å². The maximum atomic E-state index is 11.1. The van der Waals surface area contributed by atoms with Crippen LogP contribution in [0.15, 0.2) is 170 Å². The zero-order valence-corrected chi connectivity index (χ0v) is 37.6. The molecule has 0 saturated heterocycles. The number of nitrogens with zero attached hydrogens (tertiary/aromatic N) is 10. The SMILES string of the molecule is Cc1nc(C)nc(-c2ccc3c(c2)c2ccccc2n3-c2cc(C#N)cc(-n3c4ccccc4c4cc(-c5nc(C)nc(C)n5)ccc43)c2-c2cc(-c3ccccc3)nc(-c3ccccc3)c2)n1. The Morgan fingerprint density at radius 1 is 0.353 bits per heavy atom. The number of rotatable bonds is 7. The minimum Gasteiger partial charge on any atom is -0.308 e. The number of hydrogen-bond donors (Lipinski definition) is 0. The average Bonchev–Trinajstić information content (AvgIpc) is 3.88. The Balaban J connectivity index is 1.22. The average molecular weight is 877 g/mol. The molecule has 0 radical (unpaired) electrons. The number of nitriles is 1. The summed E-state index contributed by atoms with van der Waals surface area (Å²) < 4.78 is 4.61. The Morgan fingerprint density at radius 3 is 1.18 bits per heavy atom. The number of para-hydroxylation sites is 2. The van der Waals surface area contributed by atoms with Gasteiger partial charge in [0.1, 0.15) is 23.3 Å². The summed E-state index contributed by atoms with van der Waals surface area (Å²) in [5, 5.41) is 15.2. The van der Waals surface area contributed by atoms with Gasteiger partial charge < -0.3 is 9.13 Å². The van der Waals surface area contributed by atoms with E-state index < -0.39 is 0 Å². The van der Waals surface area contributed by atoms with Crippen LogP contribution in [0.5, 0.6) is 0 Å². The summed E-state index contributed by atoms with van der Waals surface area (Å²) in [5.74, 6) is 3.91. The highest BCUT2D eigenvalue weighted by molar-refractivity contribution is 6.13. The van der Waals surface area contributed by atoms with Crippen LogP contribution < -0.4 is 0 Å². The molecule has 0 spiro atoms. The van der Waals surface area contributed by atoms with Crippen LogP contribution in [-0.2, 0) is 0 Å². The number of hydrogen-bond acceptors (Lipinski definition) is 8. The minimum atomic E-state index is 0.511. The second-order valence-electron chi connectivity index (χ2n) is 17.0. The van der Waals surface area contributed by atoms with Crippen molar-refractivity contribution in [3.63, 3.8) is 0 Å². The van der Waals surface area contributed by atoms with Gasteiger partial charge in [0.25, 0.3) is 0 Å². The molecule has 68 heavy (non-hydrogen) atoms. The van der Waals surface area contributed by atoms with Gasteiger partial charge in [0.15, 0.2) is 11.6 Å². The van der Waals surface area contributed by atoms with Crippen LogP contribution in [0.3, 0.4) is 0 Å². The van der Waals surface area contributed by atoms with Crippen molar-refractivity contribution >= 4 is 43.6 Å². The summed E-state index contributed by atoms with van der Waals surface area (Å²) in [6.45, 7) is 7.57. The predicted molar refractivity (Wildman–Crippen MR) is 271 cm³/mol. The maximum Gasteiger partial charge on any atom is 0.163 e. The second-order valence-corrected chi connectivity index (χ2v) is 17.0. The van der Waals surface area contributed by atoms with Crippen LogP contribution in [0.25, 0.3) is 111 Å². The summed E-state index contributed by atoms with van der Waals surface area (Å²) in [6, 6.07) is 61.3. The van der Waals surface area contributed by atoms with Crippen molar-refractivity contribution in [3.05, 3.63) is 199 Å². The Kier molecular flexibility index (Phi) is 9.51. The molecule has 12 rings (SSSR count). The molecular formula is C58H40N10. The lowest BCUT2D eigenvalue weighted by atomic mass is 9.95. The van der Waals surface area contributed by atoms with E-state index in [1.807, 2.05) is 76.2 Å². The van der Waals surface area contributed by atoms with Crippen LogP contribution in [0, 0.1) is 39.0 Å². The third-order valence-electron chi connectivity index (χ3n) is 12.5. The van der Waals surface area contributed by atoms with Gasteiger partial charge in [-0.05, 0) is 106 Å². The largest absolute Gasteiger partial charge is 0.308 e. The van der Waals surface area contributed by atoms with Gasteiger partial charge in [0.05, 0.1) is 56.5 Å². The monoisotopic (exact) mass is 876 g/mol. The molecule has 0 saturated carbocycles. The van der Waals surface area contributed by atoms with Crippen LogP contribution in [0.2, 0.25) is 0 Å². The first-order valence-electron chi connectivity index (χ1n) is 22.5. The maximum absolute atomic E-state index is 11.1. The fourth-order valence-corrected chi connectivity index (χ4v) is 9.75. The van der Waals surface area contributed by atoms with E-state index in [0.29, 0.717) is 40.5 Å². The van der Waals surface area contributed by atoms with Crippen molar-refractivity contribution in [2.75, 3.05) is 0 Å². The highest BCUT2D eigenvalue weighted by Crippen LogP contribution is 2.45. The number of benzene rings is 7. The molecule has 0 fully saturated rings. The third kappa shape index (κ3) is 6.84. The van der Waals surface area contributed by atoms with E-state index in [-0.39, 0.29) is 0 Å². The first kappa shape index (κ1) is 40.3. The first-order chi connectivity index (χ1) is 33.3. The fourth-order valence-electron chi connectivity index (χ4n) is 9.75. The van der Waals surface area contributed by atoms with Crippen LogP contribution in [-0.4, -0.2) is 44.0 Å². The van der Waals surface area contributed by atoms with Crippen LogP contribution >= 0.6 is 0 Å². The van der Waals surface area contributed by atoms with Crippen molar-refractivity contribution in [1.29, 1.82) is 5.26 Å². The molecule has 322 valence electrons. The van der Waals surface area contributed by atoms with Crippen LogP contribution in [0.1, 0.15) is 28.9 Å². The van der Waals surface area contributed by atoms with Gasteiger partial charge in [-0.2, -0.15) is 5.26 Å². The quantitative estimate of drug-likeness (QED) is 0.155. The van der Waals surface area contributed by atoms with Gasteiger partial charge in [0.2, 0.25) is 0 Å².